The lowest BCUT2D eigenvalue weighted by atomic mass is 10.0. The minimum atomic E-state index is 1.25. The topological polar surface area (TPSA) is 9.34 Å². The van der Waals surface area contributed by atoms with E-state index in [1.165, 1.54) is 71.0 Å². The molecule has 0 saturated heterocycles. The Hall–Kier alpha value is -3.57. The van der Waals surface area contributed by atoms with Crippen LogP contribution in [0.25, 0.3) is 71.0 Å². The van der Waals surface area contributed by atoms with E-state index in [-0.39, 0.29) is 0 Å². The van der Waals surface area contributed by atoms with Crippen LogP contribution in [0.15, 0.2) is 103 Å². The highest BCUT2D eigenvalue weighted by Gasteiger charge is 2.21. The highest BCUT2D eigenvalue weighted by atomic mass is 127. The minimum Gasteiger partial charge on any atom is -0.308 e. The Balaban J connectivity index is 1.72. The molecule has 0 amide bonds. The molecular formula is C30H17IN2. The first-order valence-corrected chi connectivity index (χ1v) is 12.1. The molecule has 0 fully saturated rings. The Kier molecular flexibility index (Phi) is 3.40. The van der Waals surface area contributed by atoms with Gasteiger partial charge in [-0.15, -0.1) is 0 Å². The van der Waals surface area contributed by atoms with Crippen LogP contribution in [0.4, 0.5) is 0 Å². The third-order valence-electron chi connectivity index (χ3n) is 7.16. The molecular weight excluding hydrogens is 515 g/mol. The van der Waals surface area contributed by atoms with E-state index in [9.17, 15) is 0 Å². The minimum absolute atomic E-state index is 1.25. The van der Waals surface area contributed by atoms with Crippen LogP contribution in [0, 0.1) is 0 Å². The van der Waals surface area contributed by atoms with Crippen molar-refractivity contribution in [2.75, 3.05) is 0 Å². The summed E-state index contributed by atoms with van der Waals surface area (Å²) in [6.45, 7) is 0. The fourth-order valence-corrected chi connectivity index (χ4v) is 6.59. The number of fused-ring (bicyclic) bond motifs is 6. The molecule has 2 nitrogen and oxygen atoms in total. The lowest BCUT2D eigenvalue weighted by Crippen LogP contribution is -1.86. The molecule has 8 rings (SSSR count). The average Bonchev–Trinajstić information content (AvgIpc) is 3.31. The Morgan fingerprint density at radius 2 is 1.15 bits per heavy atom. The normalized spacial score (nSPS) is 12.4. The zero-order valence-electron chi connectivity index (χ0n) is 17.6. The second kappa shape index (κ2) is 6.27. The van der Waals surface area contributed by atoms with E-state index in [1.54, 1.807) is 0 Å². The molecule has 0 radical (unpaired) electrons. The molecule has 0 atom stereocenters. The van der Waals surface area contributed by atoms with Crippen molar-refractivity contribution in [2.45, 2.75) is 0 Å². The van der Waals surface area contributed by atoms with Gasteiger partial charge in [-0.25, -0.2) is 0 Å². The van der Waals surface area contributed by atoms with Gasteiger partial charge in [-0.3, -0.25) is 2.78 Å². The molecule has 0 aliphatic heterocycles. The van der Waals surface area contributed by atoms with Gasteiger partial charge in [0.25, 0.3) is 0 Å². The molecule has 0 saturated carbocycles. The number of nitrogens with zero attached hydrogens (tertiary/aromatic N) is 2. The van der Waals surface area contributed by atoms with Crippen LogP contribution >= 0.6 is 22.9 Å². The van der Waals surface area contributed by atoms with Gasteiger partial charge in [0.2, 0.25) is 0 Å². The molecule has 8 aromatic rings. The van der Waals surface area contributed by atoms with Crippen LogP contribution in [0.1, 0.15) is 0 Å². The highest BCUT2D eigenvalue weighted by Crippen LogP contribution is 2.45. The SMILES string of the molecule is In1c2cccc3c4ccccc4n4c5ccc(-c6ccccc6)cc5c5ccc1c(c32)c54. The summed E-state index contributed by atoms with van der Waals surface area (Å²) >= 11 is 2.46. The molecule has 0 spiro atoms. The summed E-state index contributed by atoms with van der Waals surface area (Å²) in [5, 5.41) is 7.91. The second-order valence-electron chi connectivity index (χ2n) is 8.79. The highest BCUT2D eigenvalue weighted by molar-refractivity contribution is 14.1. The molecule has 3 heteroatoms. The number of benzene rings is 5. The van der Waals surface area contributed by atoms with E-state index < -0.39 is 0 Å². The molecule has 0 bridgehead atoms. The van der Waals surface area contributed by atoms with Crippen LogP contribution in [0.3, 0.4) is 0 Å². The van der Waals surface area contributed by atoms with Gasteiger partial charge < -0.3 is 4.40 Å². The van der Waals surface area contributed by atoms with Gasteiger partial charge in [0.05, 0.1) is 50.4 Å². The number of para-hydroxylation sites is 1. The van der Waals surface area contributed by atoms with E-state index in [4.69, 9.17) is 0 Å². The van der Waals surface area contributed by atoms with Gasteiger partial charge in [-0.2, -0.15) is 0 Å². The van der Waals surface area contributed by atoms with Crippen LogP contribution in [-0.2, 0) is 0 Å². The summed E-state index contributed by atoms with van der Waals surface area (Å²) in [6.07, 6.45) is 0. The molecule has 33 heavy (non-hydrogen) atoms. The number of rotatable bonds is 1. The summed E-state index contributed by atoms with van der Waals surface area (Å²) in [5.41, 5.74) is 8.86. The van der Waals surface area contributed by atoms with Crippen molar-refractivity contribution in [2.24, 2.45) is 0 Å². The van der Waals surface area contributed by atoms with Crippen molar-refractivity contribution in [3.05, 3.63) is 103 Å². The predicted octanol–water partition coefficient (Wildman–Crippen LogP) is 8.81. The number of hydrogen-bond acceptors (Lipinski definition) is 0. The van der Waals surface area contributed by atoms with E-state index in [0.717, 1.165) is 0 Å². The smallest absolute Gasteiger partial charge is 0.0646 e. The third kappa shape index (κ3) is 2.18. The van der Waals surface area contributed by atoms with E-state index in [1.807, 2.05) is 0 Å². The van der Waals surface area contributed by atoms with Gasteiger partial charge in [-0.05, 0) is 46.8 Å². The molecule has 3 aromatic heterocycles. The maximum absolute atomic E-state index is 2.49. The van der Waals surface area contributed by atoms with E-state index in [2.05, 4.69) is 133 Å². The molecule has 154 valence electrons. The molecule has 0 aliphatic carbocycles. The van der Waals surface area contributed by atoms with Gasteiger partial charge in [0.1, 0.15) is 0 Å². The Labute approximate surface area is 203 Å². The monoisotopic (exact) mass is 532 g/mol. The second-order valence-corrected chi connectivity index (χ2v) is 9.75. The van der Waals surface area contributed by atoms with Gasteiger partial charge in [-0.1, -0.05) is 72.8 Å². The van der Waals surface area contributed by atoms with Crippen LogP contribution < -0.4 is 0 Å². The first kappa shape index (κ1) is 17.9. The van der Waals surface area contributed by atoms with Crippen LogP contribution in [0.5, 0.6) is 0 Å². The Bertz CT molecular complexity index is 2030. The van der Waals surface area contributed by atoms with E-state index in [0.29, 0.717) is 0 Å². The molecule has 3 heterocycles. The summed E-state index contributed by atoms with van der Waals surface area (Å²) < 4.78 is 4.81. The molecule has 0 N–H and O–H groups in total. The quantitative estimate of drug-likeness (QED) is 0.187. The maximum Gasteiger partial charge on any atom is 0.0646 e. The van der Waals surface area contributed by atoms with Gasteiger partial charge in [0, 0.05) is 26.9 Å². The van der Waals surface area contributed by atoms with Crippen molar-refractivity contribution >= 4 is 82.8 Å². The Morgan fingerprint density at radius 1 is 0.455 bits per heavy atom. The van der Waals surface area contributed by atoms with Crippen molar-refractivity contribution in [1.82, 2.24) is 7.18 Å². The van der Waals surface area contributed by atoms with E-state index >= 15 is 0 Å². The summed E-state index contributed by atoms with van der Waals surface area (Å²) in [6, 6.07) is 37.7. The van der Waals surface area contributed by atoms with Crippen LogP contribution in [-0.4, -0.2) is 7.18 Å². The summed E-state index contributed by atoms with van der Waals surface area (Å²) in [4.78, 5) is 0. The number of hydrogen-bond donors (Lipinski definition) is 0. The first-order chi connectivity index (χ1) is 16.3. The molecule has 0 aliphatic rings. The summed E-state index contributed by atoms with van der Waals surface area (Å²) in [5.74, 6) is 0. The lowest BCUT2D eigenvalue weighted by molar-refractivity contribution is 1.36. The number of aromatic nitrogens is 2. The zero-order chi connectivity index (χ0) is 21.7. The lowest BCUT2D eigenvalue weighted by Gasteiger charge is -2.04. The van der Waals surface area contributed by atoms with Crippen LogP contribution in [0.2, 0.25) is 0 Å². The van der Waals surface area contributed by atoms with Crippen molar-refractivity contribution in [3.8, 4) is 11.1 Å². The predicted molar refractivity (Wildman–Crippen MR) is 149 cm³/mol. The van der Waals surface area contributed by atoms with Crippen molar-refractivity contribution < 1.29 is 0 Å². The zero-order valence-corrected chi connectivity index (χ0v) is 19.7. The van der Waals surface area contributed by atoms with Crippen molar-refractivity contribution in [3.63, 3.8) is 0 Å². The first-order valence-electron chi connectivity index (χ1n) is 11.2. The summed E-state index contributed by atoms with van der Waals surface area (Å²) in [7, 11) is 0. The fourth-order valence-electron chi connectivity index (χ4n) is 5.78. The molecule has 5 aromatic carbocycles. The standard InChI is InChI=1S/C30H17IN2/c31-33-26-12-6-10-21-20-9-4-5-11-24(20)32-25-15-13-19(18-7-2-1-3-8-18)17-23(25)22-14-16-27(33)29(28(21)26)30(22)32/h1-17H. The average molecular weight is 532 g/mol. The van der Waals surface area contributed by atoms with Crippen molar-refractivity contribution in [1.29, 1.82) is 0 Å². The maximum atomic E-state index is 2.49. The number of halogens is 1. The largest absolute Gasteiger partial charge is 0.308 e. The van der Waals surface area contributed by atoms with Gasteiger partial charge >= 0.3 is 0 Å². The third-order valence-corrected chi connectivity index (χ3v) is 8.20. The molecule has 0 unspecified atom stereocenters. The fraction of sp³-hybridized carbons (Fsp3) is 0. The Morgan fingerprint density at radius 3 is 2.06 bits per heavy atom. The van der Waals surface area contributed by atoms with Gasteiger partial charge in [0.15, 0.2) is 0 Å².